The molecule has 0 atom stereocenters. The van der Waals surface area contributed by atoms with Crippen molar-refractivity contribution in [3.05, 3.63) is 12.7 Å². The van der Waals surface area contributed by atoms with E-state index in [4.69, 9.17) is 5.73 Å². The largest absolute Gasteiger partial charge is 0.366 e. The predicted octanol–water partition coefficient (Wildman–Crippen LogP) is 1.28. The molecule has 2 aromatic heterocycles. The van der Waals surface area contributed by atoms with Gasteiger partial charge in [0.15, 0.2) is 11.5 Å². The lowest BCUT2D eigenvalue weighted by Gasteiger charge is -2.27. The number of nitrogens with zero attached hydrogens (tertiary/aromatic N) is 3. The number of rotatable bonds is 5. The van der Waals surface area contributed by atoms with Gasteiger partial charge in [-0.2, -0.15) is 0 Å². The van der Waals surface area contributed by atoms with Crippen LogP contribution in [0.1, 0.15) is 26.7 Å². The molecule has 0 aliphatic carbocycles. The Balaban J connectivity index is 2.16. The van der Waals surface area contributed by atoms with E-state index in [1.54, 1.807) is 6.33 Å². The molecule has 0 fully saturated rings. The van der Waals surface area contributed by atoms with Crippen LogP contribution in [0.3, 0.4) is 0 Å². The van der Waals surface area contributed by atoms with Gasteiger partial charge < -0.3 is 16.0 Å². The fourth-order valence-corrected chi connectivity index (χ4v) is 1.66. The molecule has 0 aliphatic heterocycles. The van der Waals surface area contributed by atoms with Crippen molar-refractivity contribution >= 4 is 17.0 Å². The van der Waals surface area contributed by atoms with Crippen molar-refractivity contribution < 1.29 is 0 Å². The van der Waals surface area contributed by atoms with Crippen LogP contribution in [0.15, 0.2) is 12.7 Å². The first kappa shape index (κ1) is 11.8. The lowest BCUT2D eigenvalue weighted by molar-refractivity contribution is 0.418. The molecular weight excluding hydrogens is 216 g/mol. The van der Waals surface area contributed by atoms with Crippen LogP contribution in [0.25, 0.3) is 11.2 Å². The smallest absolute Gasteiger partial charge is 0.182 e. The Morgan fingerprint density at radius 3 is 2.76 bits per heavy atom. The molecular formula is C11H18N6. The van der Waals surface area contributed by atoms with Crippen LogP contribution < -0.4 is 11.1 Å². The first-order valence-electron chi connectivity index (χ1n) is 5.85. The third kappa shape index (κ3) is 2.36. The molecule has 2 aromatic rings. The van der Waals surface area contributed by atoms with Crippen LogP contribution in [-0.2, 0) is 0 Å². The van der Waals surface area contributed by atoms with E-state index in [1.165, 1.54) is 6.33 Å². The van der Waals surface area contributed by atoms with Crippen LogP contribution >= 0.6 is 0 Å². The van der Waals surface area contributed by atoms with Crippen molar-refractivity contribution in [2.45, 2.75) is 32.2 Å². The van der Waals surface area contributed by atoms with Crippen LogP contribution in [0, 0.1) is 0 Å². The molecule has 2 rings (SSSR count). The minimum absolute atomic E-state index is 0.197. The number of aromatic nitrogens is 4. The van der Waals surface area contributed by atoms with Gasteiger partial charge in [-0.25, -0.2) is 15.0 Å². The summed E-state index contributed by atoms with van der Waals surface area (Å²) in [6, 6.07) is 0. The Morgan fingerprint density at radius 2 is 2.06 bits per heavy atom. The molecule has 0 aliphatic rings. The molecule has 0 saturated heterocycles. The summed E-state index contributed by atoms with van der Waals surface area (Å²) in [5, 5.41) is 3.27. The highest BCUT2D eigenvalue weighted by molar-refractivity contribution is 5.81. The molecule has 0 amide bonds. The lowest BCUT2D eigenvalue weighted by Crippen LogP contribution is -2.45. The zero-order chi connectivity index (χ0) is 12.3. The Morgan fingerprint density at radius 1 is 1.29 bits per heavy atom. The van der Waals surface area contributed by atoms with E-state index in [-0.39, 0.29) is 5.54 Å². The molecule has 0 saturated carbocycles. The topological polar surface area (TPSA) is 92.5 Å². The van der Waals surface area contributed by atoms with Gasteiger partial charge in [-0.1, -0.05) is 13.8 Å². The van der Waals surface area contributed by atoms with E-state index in [2.05, 4.69) is 39.1 Å². The number of nitrogens with two attached hydrogens (primary N) is 1. The maximum Gasteiger partial charge on any atom is 0.182 e. The first-order valence-corrected chi connectivity index (χ1v) is 5.85. The number of imidazole rings is 1. The Bertz CT molecular complexity index is 487. The van der Waals surface area contributed by atoms with Gasteiger partial charge in [-0.05, 0) is 12.8 Å². The summed E-state index contributed by atoms with van der Waals surface area (Å²) in [5.74, 6) is 0.754. The summed E-state index contributed by atoms with van der Waals surface area (Å²) in [4.78, 5) is 15.4. The van der Waals surface area contributed by atoms with Crippen molar-refractivity contribution in [2.24, 2.45) is 5.73 Å². The number of nitrogens with one attached hydrogen (secondary N) is 2. The van der Waals surface area contributed by atoms with E-state index in [1.807, 2.05) is 0 Å². The van der Waals surface area contributed by atoms with Crippen molar-refractivity contribution in [1.82, 2.24) is 19.9 Å². The second kappa shape index (κ2) is 4.67. The number of hydrogen-bond acceptors (Lipinski definition) is 5. The molecule has 6 heteroatoms. The van der Waals surface area contributed by atoms with Crippen LogP contribution in [0.5, 0.6) is 0 Å². The van der Waals surface area contributed by atoms with E-state index >= 15 is 0 Å². The maximum atomic E-state index is 6.23. The molecule has 4 N–H and O–H groups in total. The van der Waals surface area contributed by atoms with E-state index in [9.17, 15) is 0 Å². The Kier molecular flexibility index (Phi) is 3.23. The number of hydrogen-bond donors (Lipinski definition) is 3. The average molecular weight is 234 g/mol. The van der Waals surface area contributed by atoms with Gasteiger partial charge in [0.25, 0.3) is 0 Å². The zero-order valence-electron chi connectivity index (χ0n) is 10.2. The summed E-state index contributed by atoms with van der Waals surface area (Å²) in [6.45, 7) is 4.87. The van der Waals surface area contributed by atoms with Gasteiger partial charge in [0.2, 0.25) is 0 Å². The highest BCUT2D eigenvalue weighted by Crippen LogP contribution is 2.17. The number of aromatic amines is 1. The fraction of sp³-hybridized carbons (Fsp3) is 0.545. The molecule has 2 heterocycles. The third-order valence-corrected chi connectivity index (χ3v) is 3.24. The molecule has 0 spiro atoms. The van der Waals surface area contributed by atoms with E-state index < -0.39 is 0 Å². The highest BCUT2D eigenvalue weighted by atomic mass is 15.1. The van der Waals surface area contributed by atoms with Crippen LogP contribution in [0.2, 0.25) is 0 Å². The minimum Gasteiger partial charge on any atom is -0.366 e. The monoisotopic (exact) mass is 234 g/mol. The first-order chi connectivity index (χ1) is 8.18. The standard InChI is InChI=1S/C11H18N6/c1-3-11(12,4-2)5-13-9-8-10(15-6-14-8)17-7-16-9/h6-7H,3-5,12H2,1-2H3,(H2,13,14,15,16,17). The normalized spacial score (nSPS) is 11.9. The van der Waals surface area contributed by atoms with Crippen molar-refractivity contribution in [3.63, 3.8) is 0 Å². The zero-order valence-corrected chi connectivity index (χ0v) is 10.2. The van der Waals surface area contributed by atoms with Gasteiger partial charge in [0.05, 0.1) is 6.33 Å². The molecule has 0 bridgehead atoms. The summed E-state index contributed by atoms with van der Waals surface area (Å²) < 4.78 is 0. The third-order valence-electron chi connectivity index (χ3n) is 3.24. The second-order valence-electron chi connectivity index (χ2n) is 4.25. The van der Waals surface area contributed by atoms with Crippen molar-refractivity contribution in [2.75, 3.05) is 11.9 Å². The highest BCUT2D eigenvalue weighted by Gasteiger charge is 2.20. The molecule has 17 heavy (non-hydrogen) atoms. The number of anilines is 1. The van der Waals surface area contributed by atoms with Crippen LogP contribution in [-0.4, -0.2) is 32.0 Å². The molecule has 92 valence electrons. The Labute approximate surface area is 100 Å². The van der Waals surface area contributed by atoms with Gasteiger partial charge >= 0.3 is 0 Å². The molecule has 0 unspecified atom stereocenters. The molecule has 6 nitrogen and oxygen atoms in total. The minimum atomic E-state index is -0.197. The SMILES string of the molecule is CCC(N)(CC)CNc1ncnc2nc[nH]c12. The van der Waals surface area contributed by atoms with E-state index in [0.717, 1.165) is 24.2 Å². The van der Waals surface area contributed by atoms with Gasteiger partial charge in [-0.15, -0.1) is 0 Å². The van der Waals surface area contributed by atoms with Gasteiger partial charge in [-0.3, -0.25) is 0 Å². The second-order valence-corrected chi connectivity index (χ2v) is 4.25. The summed E-state index contributed by atoms with van der Waals surface area (Å²) in [7, 11) is 0. The maximum absolute atomic E-state index is 6.23. The van der Waals surface area contributed by atoms with Crippen molar-refractivity contribution in [1.29, 1.82) is 0 Å². The fourth-order valence-electron chi connectivity index (χ4n) is 1.66. The number of H-pyrrole nitrogens is 1. The summed E-state index contributed by atoms with van der Waals surface area (Å²) in [6.07, 6.45) is 4.96. The number of fused-ring (bicyclic) bond motifs is 1. The quantitative estimate of drug-likeness (QED) is 0.724. The molecule has 0 radical (unpaired) electrons. The lowest BCUT2D eigenvalue weighted by atomic mass is 9.94. The average Bonchev–Trinajstić information content (AvgIpc) is 2.84. The predicted molar refractivity (Wildman–Crippen MR) is 67.7 cm³/mol. The summed E-state index contributed by atoms with van der Waals surface area (Å²) >= 11 is 0. The van der Waals surface area contributed by atoms with E-state index in [0.29, 0.717) is 12.2 Å². The van der Waals surface area contributed by atoms with Crippen LogP contribution in [0.4, 0.5) is 5.82 Å². The molecule has 0 aromatic carbocycles. The van der Waals surface area contributed by atoms with Crippen molar-refractivity contribution in [3.8, 4) is 0 Å². The Hall–Kier alpha value is -1.69. The summed E-state index contributed by atoms with van der Waals surface area (Å²) in [5.41, 5.74) is 7.52. The van der Waals surface area contributed by atoms with Gasteiger partial charge in [0.1, 0.15) is 11.8 Å². The van der Waals surface area contributed by atoms with Gasteiger partial charge in [0, 0.05) is 12.1 Å².